The molecule has 2 saturated carbocycles. The number of hydrogen-bond acceptors (Lipinski definition) is 5. The van der Waals surface area contributed by atoms with Crippen LogP contribution in [0.15, 0.2) is 5.16 Å². The van der Waals surface area contributed by atoms with E-state index in [4.69, 9.17) is 5.11 Å². The van der Waals surface area contributed by atoms with E-state index in [1.54, 1.807) is 7.05 Å². The maximum absolute atomic E-state index is 11.0. The average Bonchev–Trinajstić information content (AvgIpc) is 3.29. The summed E-state index contributed by atoms with van der Waals surface area (Å²) in [5.74, 6) is 1.35. The lowest BCUT2D eigenvalue weighted by Crippen LogP contribution is -2.36. The van der Waals surface area contributed by atoms with E-state index in [9.17, 15) is 4.79 Å². The third kappa shape index (κ3) is 2.76. The normalized spacial score (nSPS) is 20.5. The molecular formula is C12H18N4O2S. The van der Waals surface area contributed by atoms with Gasteiger partial charge in [0.05, 0.1) is 0 Å². The minimum atomic E-state index is -0.824. The molecule has 19 heavy (non-hydrogen) atoms. The lowest BCUT2D eigenvalue weighted by molar-refractivity contribution is -0.138. The van der Waals surface area contributed by atoms with Crippen LogP contribution in [0.5, 0.6) is 0 Å². The number of hydrogen-bond donors (Lipinski definition) is 2. The number of nitrogens with zero attached hydrogens (tertiary/aromatic N) is 3. The predicted octanol–water partition coefficient (Wildman–Crippen LogP) is 1.26. The fourth-order valence-corrected chi connectivity index (χ4v) is 3.22. The molecule has 3 rings (SSSR count). The smallest absolute Gasteiger partial charge is 0.321 e. The van der Waals surface area contributed by atoms with E-state index in [0.29, 0.717) is 17.7 Å². The zero-order chi connectivity index (χ0) is 13.4. The molecule has 1 atom stereocenters. The Morgan fingerprint density at radius 1 is 1.47 bits per heavy atom. The van der Waals surface area contributed by atoms with E-state index in [1.165, 1.54) is 37.4 Å². The standard InChI is InChI=1S/C12H18N4O2S/c1-13-9(11(17)18)6-19-12-15-14-10(7-2-3-7)16(12)8-4-5-8/h7-9,13H,2-6H2,1H3,(H,17,18). The van der Waals surface area contributed by atoms with Gasteiger partial charge in [-0.05, 0) is 32.7 Å². The van der Waals surface area contributed by atoms with Crippen molar-refractivity contribution in [3.63, 3.8) is 0 Å². The Kier molecular flexibility index (Phi) is 3.49. The van der Waals surface area contributed by atoms with Gasteiger partial charge in [0.1, 0.15) is 11.9 Å². The molecule has 1 heterocycles. The topological polar surface area (TPSA) is 80.0 Å². The number of thioether (sulfide) groups is 1. The highest BCUT2D eigenvalue weighted by Gasteiger charge is 2.36. The first-order valence-corrected chi connectivity index (χ1v) is 7.67. The quantitative estimate of drug-likeness (QED) is 0.733. The van der Waals surface area contributed by atoms with Crippen LogP contribution in [0.25, 0.3) is 0 Å². The Labute approximate surface area is 116 Å². The Hall–Kier alpha value is -1.08. The molecule has 2 aliphatic carbocycles. The van der Waals surface area contributed by atoms with Crippen LogP contribution in [0.3, 0.4) is 0 Å². The Morgan fingerprint density at radius 2 is 2.21 bits per heavy atom. The largest absolute Gasteiger partial charge is 0.480 e. The van der Waals surface area contributed by atoms with Crippen LogP contribution < -0.4 is 5.32 Å². The van der Waals surface area contributed by atoms with Gasteiger partial charge in [0.25, 0.3) is 0 Å². The highest BCUT2D eigenvalue weighted by atomic mass is 32.2. The molecule has 1 aromatic rings. The Morgan fingerprint density at radius 3 is 2.74 bits per heavy atom. The third-order valence-electron chi connectivity index (χ3n) is 3.57. The van der Waals surface area contributed by atoms with Gasteiger partial charge in [0.15, 0.2) is 5.16 Å². The molecule has 0 saturated heterocycles. The van der Waals surface area contributed by atoms with Crippen LogP contribution in [0.4, 0.5) is 0 Å². The van der Waals surface area contributed by atoms with Crippen molar-refractivity contribution in [2.75, 3.05) is 12.8 Å². The maximum Gasteiger partial charge on any atom is 0.321 e. The summed E-state index contributed by atoms with van der Waals surface area (Å²) < 4.78 is 2.25. The van der Waals surface area contributed by atoms with Crippen LogP contribution in [0.2, 0.25) is 0 Å². The summed E-state index contributed by atoms with van der Waals surface area (Å²) in [6, 6.07) is 0.00434. The number of carboxylic acid groups (broad SMARTS) is 1. The van der Waals surface area contributed by atoms with Gasteiger partial charge in [-0.2, -0.15) is 0 Å². The van der Waals surface area contributed by atoms with E-state index in [2.05, 4.69) is 20.1 Å². The maximum atomic E-state index is 11.0. The summed E-state index contributed by atoms with van der Waals surface area (Å²) in [4.78, 5) is 11.0. The van der Waals surface area contributed by atoms with E-state index in [0.717, 1.165) is 11.0 Å². The highest BCUT2D eigenvalue weighted by molar-refractivity contribution is 7.99. The molecule has 104 valence electrons. The number of aliphatic carboxylic acids is 1. The van der Waals surface area contributed by atoms with Crippen molar-refractivity contribution in [2.45, 2.75) is 48.8 Å². The molecule has 0 radical (unpaired) electrons. The van der Waals surface area contributed by atoms with Crippen molar-refractivity contribution in [2.24, 2.45) is 0 Å². The van der Waals surface area contributed by atoms with Gasteiger partial charge in [0.2, 0.25) is 0 Å². The van der Waals surface area contributed by atoms with E-state index in [1.807, 2.05) is 0 Å². The zero-order valence-corrected chi connectivity index (χ0v) is 11.7. The molecule has 2 aliphatic rings. The minimum absolute atomic E-state index is 0.474. The lowest BCUT2D eigenvalue weighted by atomic mass is 10.3. The molecule has 2 fully saturated rings. The average molecular weight is 282 g/mol. The minimum Gasteiger partial charge on any atom is -0.480 e. The molecular weight excluding hydrogens is 264 g/mol. The first kappa shape index (κ1) is 12.9. The van der Waals surface area contributed by atoms with Crippen LogP contribution in [-0.2, 0) is 4.79 Å². The van der Waals surface area contributed by atoms with Crippen LogP contribution in [0, 0.1) is 0 Å². The highest BCUT2D eigenvalue weighted by Crippen LogP contribution is 2.45. The molecule has 0 amide bonds. The summed E-state index contributed by atoms with van der Waals surface area (Å²) in [5.41, 5.74) is 0. The molecule has 0 bridgehead atoms. The summed E-state index contributed by atoms with van der Waals surface area (Å²) >= 11 is 1.49. The van der Waals surface area contributed by atoms with E-state index < -0.39 is 12.0 Å². The van der Waals surface area contributed by atoms with E-state index >= 15 is 0 Å². The van der Waals surface area contributed by atoms with Crippen molar-refractivity contribution in [1.82, 2.24) is 20.1 Å². The number of aromatic nitrogens is 3. The second kappa shape index (κ2) is 5.13. The molecule has 6 nitrogen and oxygen atoms in total. The van der Waals surface area contributed by atoms with Crippen LogP contribution in [-0.4, -0.2) is 44.7 Å². The van der Waals surface area contributed by atoms with Gasteiger partial charge in [-0.15, -0.1) is 10.2 Å². The second-order valence-corrected chi connectivity index (χ2v) is 6.19. The predicted molar refractivity (Wildman–Crippen MR) is 71.5 cm³/mol. The van der Waals surface area contributed by atoms with Gasteiger partial charge < -0.3 is 15.0 Å². The van der Waals surface area contributed by atoms with Crippen molar-refractivity contribution in [1.29, 1.82) is 0 Å². The Bertz CT molecular complexity index is 482. The lowest BCUT2D eigenvalue weighted by Gasteiger charge is -2.11. The number of likely N-dealkylation sites (N-methyl/N-ethyl adjacent to an activating group) is 1. The van der Waals surface area contributed by atoms with Crippen LogP contribution >= 0.6 is 11.8 Å². The third-order valence-corrected chi connectivity index (χ3v) is 4.61. The molecule has 0 aliphatic heterocycles. The van der Waals surface area contributed by atoms with E-state index in [-0.39, 0.29) is 0 Å². The number of carbonyl (C=O) groups is 1. The van der Waals surface area contributed by atoms with Gasteiger partial charge in [-0.1, -0.05) is 11.8 Å². The van der Waals surface area contributed by atoms with Crippen molar-refractivity contribution in [3.8, 4) is 0 Å². The molecule has 1 aromatic heterocycles. The summed E-state index contributed by atoms with van der Waals surface area (Å²) in [6.45, 7) is 0. The van der Waals surface area contributed by atoms with Crippen LogP contribution in [0.1, 0.15) is 43.5 Å². The summed E-state index contributed by atoms with van der Waals surface area (Å²) in [6.07, 6.45) is 4.81. The summed E-state index contributed by atoms with van der Waals surface area (Å²) in [5, 5.41) is 21.3. The Balaban J connectivity index is 1.71. The first-order chi connectivity index (χ1) is 9.20. The number of carboxylic acids is 1. The van der Waals surface area contributed by atoms with Gasteiger partial charge in [0, 0.05) is 17.7 Å². The molecule has 7 heteroatoms. The van der Waals surface area contributed by atoms with Crippen molar-refractivity contribution >= 4 is 17.7 Å². The van der Waals surface area contributed by atoms with Gasteiger partial charge in [-0.25, -0.2) is 0 Å². The number of rotatable bonds is 7. The number of nitrogens with one attached hydrogen (secondary N) is 1. The SMILES string of the molecule is CNC(CSc1nnc(C2CC2)n1C1CC1)C(=O)O. The molecule has 0 aromatic carbocycles. The monoisotopic (exact) mass is 282 g/mol. The van der Waals surface area contributed by atoms with Gasteiger partial charge in [-0.3, -0.25) is 4.79 Å². The molecule has 0 spiro atoms. The fourth-order valence-electron chi connectivity index (χ4n) is 2.12. The zero-order valence-electron chi connectivity index (χ0n) is 10.9. The van der Waals surface area contributed by atoms with Crippen molar-refractivity contribution in [3.05, 3.63) is 5.82 Å². The van der Waals surface area contributed by atoms with Crippen molar-refractivity contribution < 1.29 is 9.90 Å². The van der Waals surface area contributed by atoms with Gasteiger partial charge >= 0.3 is 5.97 Å². The second-order valence-electron chi connectivity index (χ2n) is 5.21. The fraction of sp³-hybridized carbons (Fsp3) is 0.750. The summed E-state index contributed by atoms with van der Waals surface area (Å²) in [7, 11) is 1.67. The molecule has 2 N–H and O–H groups in total. The first-order valence-electron chi connectivity index (χ1n) is 6.68. The molecule has 1 unspecified atom stereocenters.